The van der Waals surface area contributed by atoms with Gasteiger partial charge in [-0.25, -0.2) is 9.79 Å². The molecule has 0 bridgehead atoms. The Hall–Kier alpha value is -1.67. The van der Waals surface area contributed by atoms with Crippen molar-refractivity contribution in [3.05, 3.63) is 66.5 Å². The first-order valence-electron chi connectivity index (χ1n) is 7.32. The second-order valence-corrected chi connectivity index (χ2v) is 8.60. The summed E-state index contributed by atoms with van der Waals surface area (Å²) in [6.45, 7) is 0. The maximum Gasteiger partial charge on any atom is 0.363 e. The minimum absolute atomic E-state index is 0.0112. The highest BCUT2D eigenvalue weighted by molar-refractivity contribution is 9.11. The van der Waals surface area contributed by atoms with E-state index in [1.54, 1.807) is 12.1 Å². The molecular weight excluding hydrogens is 506 g/mol. The number of aromatic hydroxyl groups is 1. The summed E-state index contributed by atoms with van der Waals surface area (Å²) < 4.78 is 7.54. The molecule has 0 saturated heterocycles. The SMILES string of the molecule is O=C1OC(c2sc3ccccc3c2Cl)=N/C1=C/c1cc(Br)cc(Br)c1O. The summed E-state index contributed by atoms with van der Waals surface area (Å²) >= 11 is 14.4. The van der Waals surface area contributed by atoms with E-state index in [1.807, 2.05) is 24.3 Å². The van der Waals surface area contributed by atoms with Crippen molar-refractivity contribution in [1.29, 1.82) is 0 Å². The molecule has 1 aromatic heterocycles. The topological polar surface area (TPSA) is 58.9 Å². The molecule has 3 aromatic rings. The fourth-order valence-electron chi connectivity index (χ4n) is 2.50. The number of thiophene rings is 1. The van der Waals surface area contributed by atoms with Crippen molar-refractivity contribution in [3.8, 4) is 5.75 Å². The summed E-state index contributed by atoms with van der Waals surface area (Å²) in [7, 11) is 0. The van der Waals surface area contributed by atoms with Gasteiger partial charge < -0.3 is 9.84 Å². The van der Waals surface area contributed by atoms with Gasteiger partial charge in [-0.15, -0.1) is 11.3 Å². The van der Waals surface area contributed by atoms with Gasteiger partial charge in [0.2, 0.25) is 5.90 Å². The van der Waals surface area contributed by atoms with E-state index in [2.05, 4.69) is 36.9 Å². The molecule has 0 amide bonds. The third kappa shape index (κ3) is 3.09. The molecule has 1 N–H and O–H groups in total. The van der Waals surface area contributed by atoms with Crippen LogP contribution in [0.25, 0.3) is 16.2 Å². The predicted molar refractivity (Wildman–Crippen MR) is 111 cm³/mol. The Morgan fingerprint density at radius 3 is 2.77 bits per heavy atom. The van der Waals surface area contributed by atoms with Gasteiger partial charge in [0.05, 0.1) is 9.50 Å². The number of nitrogens with zero attached hydrogens (tertiary/aromatic N) is 1. The first kappa shape index (κ1) is 17.7. The van der Waals surface area contributed by atoms with Crippen molar-refractivity contribution < 1.29 is 14.6 Å². The maximum atomic E-state index is 12.2. The first-order chi connectivity index (χ1) is 12.4. The van der Waals surface area contributed by atoms with Gasteiger partial charge in [-0.2, -0.15) is 0 Å². The van der Waals surface area contributed by atoms with E-state index in [-0.39, 0.29) is 17.3 Å². The van der Waals surface area contributed by atoms with Gasteiger partial charge in [0.25, 0.3) is 0 Å². The monoisotopic (exact) mass is 511 g/mol. The lowest BCUT2D eigenvalue weighted by Gasteiger charge is -2.03. The van der Waals surface area contributed by atoms with Crippen LogP contribution in [0.5, 0.6) is 5.75 Å². The van der Waals surface area contributed by atoms with Gasteiger partial charge in [0, 0.05) is 20.1 Å². The second kappa shape index (κ2) is 6.81. The highest BCUT2D eigenvalue weighted by atomic mass is 79.9. The molecule has 4 nitrogen and oxygen atoms in total. The number of hydrogen-bond acceptors (Lipinski definition) is 5. The van der Waals surface area contributed by atoms with E-state index >= 15 is 0 Å². The number of phenolic OH excluding ortho intramolecular Hbond substituents is 1. The Morgan fingerprint density at radius 1 is 1.23 bits per heavy atom. The van der Waals surface area contributed by atoms with Crippen molar-refractivity contribution in [2.75, 3.05) is 0 Å². The Morgan fingerprint density at radius 2 is 2.00 bits per heavy atom. The minimum Gasteiger partial charge on any atom is -0.506 e. The fourth-order valence-corrected chi connectivity index (χ4v) is 5.20. The summed E-state index contributed by atoms with van der Waals surface area (Å²) in [4.78, 5) is 17.1. The Kier molecular flexibility index (Phi) is 4.64. The molecule has 26 heavy (non-hydrogen) atoms. The Bertz CT molecular complexity index is 1140. The number of rotatable bonds is 2. The lowest BCUT2D eigenvalue weighted by Crippen LogP contribution is -2.04. The largest absolute Gasteiger partial charge is 0.506 e. The summed E-state index contributed by atoms with van der Waals surface area (Å²) in [5, 5.41) is 11.6. The lowest BCUT2D eigenvalue weighted by molar-refractivity contribution is -0.129. The number of hydrogen-bond donors (Lipinski definition) is 1. The Balaban J connectivity index is 1.79. The highest BCUT2D eigenvalue weighted by Crippen LogP contribution is 2.38. The number of carbonyl (C=O) groups is 1. The zero-order chi connectivity index (χ0) is 18.4. The van der Waals surface area contributed by atoms with Crippen LogP contribution in [0.4, 0.5) is 0 Å². The number of halogens is 3. The van der Waals surface area contributed by atoms with Crippen molar-refractivity contribution in [2.45, 2.75) is 0 Å². The van der Waals surface area contributed by atoms with Gasteiger partial charge in [0.15, 0.2) is 5.70 Å². The normalized spacial score (nSPS) is 15.6. The van der Waals surface area contributed by atoms with Crippen LogP contribution in [0.15, 0.2) is 56.0 Å². The fraction of sp³-hybridized carbons (Fsp3) is 0. The number of benzene rings is 2. The molecule has 8 heteroatoms. The van der Waals surface area contributed by atoms with Crippen LogP contribution in [-0.4, -0.2) is 17.0 Å². The van der Waals surface area contributed by atoms with Crippen molar-refractivity contribution in [1.82, 2.24) is 0 Å². The summed E-state index contributed by atoms with van der Waals surface area (Å²) in [6.07, 6.45) is 1.47. The van der Waals surface area contributed by atoms with Gasteiger partial charge in [0.1, 0.15) is 10.6 Å². The molecule has 0 aliphatic carbocycles. The molecule has 0 radical (unpaired) electrons. The zero-order valence-corrected chi connectivity index (χ0v) is 17.5. The van der Waals surface area contributed by atoms with Crippen LogP contribution >= 0.6 is 54.8 Å². The molecule has 1 aliphatic rings. The lowest BCUT2D eigenvalue weighted by atomic mass is 10.1. The number of carbonyl (C=O) groups excluding carboxylic acids is 1. The quantitative estimate of drug-likeness (QED) is 0.331. The van der Waals surface area contributed by atoms with Crippen LogP contribution in [0, 0.1) is 0 Å². The third-order valence-corrected chi connectivity index (χ3v) is 6.43. The van der Waals surface area contributed by atoms with E-state index in [9.17, 15) is 9.90 Å². The molecule has 2 aromatic carbocycles. The molecule has 2 heterocycles. The van der Waals surface area contributed by atoms with E-state index in [0.717, 1.165) is 14.6 Å². The third-order valence-electron chi connectivity index (χ3n) is 3.70. The number of ether oxygens (including phenoxy) is 1. The maximum absolute atomic E-state index is 12.2. The number of cyclic esters (lactones) is 1. The van der Waals surface area contributed by atoms with E-state index in [0.29, 0.717) is 19.9 Å². The van der Waals surface area contributed by atoms with Crippen LogP contribution in [0.1, 0.15) is 10.4 Å². The summed E-state index contributed by atoms with van der Waals surface area (Å²) in [5.74, 6) is -0.415. The number of fused-ring (bicyclic) bond motifs is 1. The molecule has 0 fully saturated rings. The average Bonchev–Trinajstić information content (AvgIpc) is 3.13. The number of phenols is 1. The summed E-state index contributed by atoms with van der Waals surface area (Å²) in [5.41, 5.74) is 0.527. The van der Waals surface area contributed by atoms with E-state index in [4.69, 9.17) is 16.3 Å². The standard InChI is InChI=1S/C18H8Br2ClNO3S/c19-9-5-8(15(23)11(20)7-9)6-12-18(24)25-17(22-12)16-14(21)10-3-1-2-4-13(10)26-16/h1-7,23H/b12-6+. The number of esters is 1. The van der Waals surface area contributed by atoms with Gasteiger partial charge in [-0.1, -0.05) is 45.7 Å². The molecule has 0 atom stereocenters. The molecule has 0 spiro atoms. The molecule has 130 valence electrons. The Labute approximate surface area is 174 Å². The van der Waals surface area contributed by atoms with Crippen molar-refractivity contribution >= 4 is 82.8 Å². The van der Waals surface area contributed by atoms with Crippen molar-refractivity contribution in [3.63, 3.8) is 0 Å². The molecule has 1 aliphatic heterocycles. The van der Waals surface area contributed by atoms with Crippen molar-refractivity contribution in [2.24, 2.45) is 4.99 Å². The van der Waals surface area contributed by atoms with Crippen LogP contribution in [0.2, 0.25) is 5.02 Å². The molecular formula is C18H8Br2ClNO3S. The van der Waals surface area contributed by atoms with Crippen LogP contribution in [0.3, 0.4) is 0 Å². The van der Waals surface area contributed by atoms with Gasteiger partial charge in [-0.05, 0) is 40.2 Å². The molecule has 4 rings (SSSR count). The molecule has 0 saturated carbocycles. The highest BCUT2D eigenvalue weighted by Gasteiger charge is 2.28. The van der Waals surface area contributed by atoms with Gasteiger partial charge >= 0.3 is 5.97 Å². The zero-order valence-electron chi connectivity index (χ0n) is 12.8. The minimum atomic E-state index is -0.593. The predicted octanol–water partition coefficient (Wildman–Crippen LogP) is 6.13. The van der Waals surface area contributed by atoms with E-state index < -0.39 is 5.97 Å². The second-order valence-electron chi connectivity index (χ2n) is 5.40. The smallest absolute Gasteiger partial charge is 0.363 e. The van der Waals surface area contributed by atoms with Gasteiger partial charge in [-0.3, -0.25) is 0 Å². The van der Waals surface area contributed by atoms with Crippen LogP contribution < -0.4 is 0 Å². The van der Waals surface area contributed by atoms with Crippen LogP contribution in [-0.2, 0) is 9.53 Å². The summed E-state index contributed by atoms with van der Waals surface area (Å²) in [6, 6.07) is 11.0. The first-order valence-corrected chi connectivity index (χ1v) is 10.1. The van der Waals surface area contributed by atoms with E-state index in [1.165, 1.54) is 17.4 Å². The number of aliphatic imine (C=N–C) groups is 1. The molecule has 0 unspecified atom stereocenters. The average molecular weight is 514 g/mol.